The molecule has 0 radical (unpaired) electrons. The lowest BCUT2D eigenvalue weighted by Gasteiger charge is -2.09. The Kier molecular flexibility index (Phi) is 6.54. The number of ether oxygens (including phenoxy) is 1. The summed E-state index contributed by atoms with van der Waals surface area (Å²) in [5.74, 6) is 1.60. The van der Waals surface area contributed by atoms with Gasteiger partial charge in [-0.1, -0.05) is 11.6 Å². The van der Waals surface area contributed by atoms with E-state index in [4.69, 9.17) is 25.7 Å². The molecule has 0 fully saturated rings. The van der Waals surface area contributed by atoms with Crippen molar-refractivity contribution in [3.05, 3.63) is 58.9 Å². The quantitative estimate of drug-likeness (QED) is 0.538. The van der Waals surface area contributed by atoms with Gasteiger partial charge in [-0.25, -0.2) is 0 Å². The minimum Gasteiger partial charge on any atom is -0.494 e. The van der Waals surface area contributed by atoms with Gasteiger partial charge in [-0.3, -0.25) is 4.99 Å². The monoisotopic (exact) mass is 384 g/mol. The molecule has 0 N–H and O–H groups in total. The summed E-state index contributed by atoms with van der Waals surface area (Å²) >= 11 is 6.02. The van der Waals surface area contributed by atoms with E-state index in [-0.39, 0.29) is 0 Å². The number of benzene rings is 2. The van der Waals surface area contributed by atoms with Crippen LogP contribution in [-0.2, 0) is 0 Å². The van der Waals surface area contributed by atoms with Gasteiger partial charge in [-0.05, 0) is 76.4 Å². The first-order valence-electron chi connectivity index (χ1n) is 9.18. The zero-order valence-electron chi connectivity index (χ0n) is 16.0. The Morgan fingerprint density at radius 2 is 1.85 bits per heavy atom. The van der Waals surface area contributed by atoms with E-state index in [1.165, 1.54) is 0 Å². The van der Waals surface area contributed by atoms with Crippen LogP contribution < -0.4 is 10.1 Å². The van der Waals surface area contributed by atoms with Gasteiger partial charge < -0.3 is 14.1 Å². The summed E-state index contributed by atoms with van der Waals surface area (Å²) in [5.41, 5.74) is 1.76. The third-order valence-corrected chi connectivity index (χ3v) is 4.45. The van der Waals surface area contributed by atoms with Gasteiger partial charge in [-0.15, -0.1) is 0 Å². The fraction of sp³-hybridized carbons (Fsp3) is 0.318. The third-order valence-electron chi connectivity index (χ3n) is 4.20. The van der Waals surface area contributed by atoms with Gasteiger partial charge in [0.15, 0.2) is 0 Å². The Labute approximate surface area is 165 Å². The Morgan fingerprint density at radius 1 is 1.07 bits per heavy atom. The highest BCUT2D eigenvalue weighted by Gasteiger charge is 2.07. The molecule has 2 aromatic carbocycles. The molecule has 1 heterocycles. The van der Waals surface area contributed by atoms with Crippen molar-refractivity contribution in [1.82, 2.24) is 4.90 Å². The van der Waals surface area contributed by atoms with Crippen molar-refractivity contribution in [1.29, 1.82) is 0 Å². The van der Waals surface area contributed by atoms with E-state index in [1.807, 2.05) is 55.5 Å². The van der Waals surface area contributed by atoms with Gasteiger partial charge in [0.2, 0.25) is 0 Å². The van der Waals surface area contributed by atoms with Crippen LogP contribution in [0.5, 0.6) is 5.75 Å². The second-order valence-electron chi connectivity index (χ2n) is 6.63. The fourth-order valence-corrected chi connectivity index (χ4v) is 3.00. The second kappa shape index (κ2) is 9.07. The van der Waals surface area contributed by atoms with Crippen molar-refractivity contribution in [2.24, 2.45) is 4.99 Å². The standard InChI is InChI=1S/C22H25ClN2O2/c1-4-26-18-10-11-21-19(14-18)20(24-12-5-13-25(2)3)15-22(27-21)16-6-8-17(23)9-7-16/h6-11,14-15H,4-5,12-13H2,1-3H3. The highest BCUT2D eigenvalue weighted by molar-refractivity contribution is 6.30. The summed E-state index contributed by atoms with van der Waals surface area (Å²) in [7, 11) is 4.15. The fourth-order valence-electron chi connectivity index (χ4n) is 2.88. The first-order chi connectivity index (χ1) is 13.1. The third kappa shape index (κ3) is 5.12. The van der Waals surface area contributed by atoms with E-state index in [9.17, 15) is 0 Å². The van der Waals surface area contributed by atoms with E-state index >= 15 is 0 Å². The molecule has 0 amide bonds. The number of hydrogen-bond donors (Lipinski definition) is 0. The number of hydrogen-bond acceptors (Lipinski definition) is 4. The lowest BCUT2D eigenvalue weighted by molar-refractivity contribution is 0.340. The summed E-state index contributed by atoms with van der Waals surface area (Å²) in [6, 6.07) is 15.5. The lowest BCUT2D eigenvalue weighted by atomic mass is 10.1. The van der Waals surface area contributed by atoms with Crippen LogP contribution in [0, 0.1) is 0 Å². The van der Waals surface area contributed by atoms with E-state index in [0.717, 1.165) is 52.9 Å². The minimum atomic E-state index is 0.626. The molecule has 0 aliphatic carbocycles. The Morgan fingerprint density at radius 3 is 2.56 bits per heavy atom. The highest BCUT2D eigenvalue weighted by atomic mass is 35.5. The molecule has 0 bridgehead atoms. The average molecular weight is 385 g/mol. The number of fused-ring (bicyclic) bond motifs is 1. The van der Waals surface area contributed by atoms with Gasteiger partial charge in [0.25, 0.3) is 0 Å². The van der Waals surface area contributed by atoms with E-state index in [0.29, 0.717) is 11.6 Å². The predicted molar refractivity (Wildman–Crippen MR) is 111 cm³/mol. The Hall–Kier alpha value is -2.30. The lowest BCUT2D eigenvalue weighted by Crippen LogP contribution is -2.14. The van der Waals surface area contributed by atoms with Crippen molar-refractivity contribution >= 4 is 22.6 Å². The molecule has 4 nitrogen and oxygen atoms in total. The van der Waals surface area contributed by atoms with Gasteiger partial charge in [0.05, 0.1) is 12.0 Å². The molecule has 0 unspecified atom stereocenters. The van der Waals surface area contributed by atoms with E-state index in [1.54, 1.807) is 0 Å². The number of rotatable bonds is 7. The van der Waals surface area contributed by atoms with Crippen LogP contribution in [0.4, 0.5) is 0 Å². The average Bonchev–Trinajstić information content (AvgIpc) is 2.66. The number of halogens is 1. The van der Waals surface area contributed by atoms with Crippen LogP contribution in [0.1, 0.15) is 13.3 Å². The van der Waals surface area contributed by atoms with Gasteiger partial charge >= 0.3 is 0 Å². The zero-order chi connectivity index (χ0) is 19.2. The topological polar surface area (TPSA) is 38.0 Å². The van der Waals surface area contributed by atoms with Crippen LogP contribution >= 0.6 is 11.6 Å². The first kappa shape index (κ1) is 19.5. The smallest absolute Gasteiger partial charge is 0.137 e. The zero-order valence-corrected chi connectivity index (χ0v) is 16.8. The molecule has 0 saturated heterocycles. The van der Waals surface area contributed by atoms with Crippen molar-refractivity contribution in [3.8, 4) is 17.1 Å². The molecule has 0 saturated carbocycles. The molecule has 0 aliphatic rings. The van der Waals surface area contributed by atoms with Gasteiger partial charge in [0.1, 0.15) is 17.1 Å². The summed E-state index contributed by atoms with van der Waals surface area (Å²) in [6.07, 6.45) is 1.00. The van der Waals surface area contributed by atoms with Crippen LogP contribution in [0.15, 0.2) is 57.9 Å². The van der Waals surface area contributed by atoms with E-state index in [2.05, 4.69) is 19.0 Å². The van der Waals surface area contributed by atoms with Crippen LogP contribution in [0.3, 0.4) is 0 Å². The Balaban J connectivity index is 2.07. The largest absolute Gasteiger partial charge is 0.494 e. The molecule has 3 rings (SSSR count). The van der Waals surface area contributed by atoms with E-state index < -0.39 is 0 Å². The molecule has 0 aliphatic heterocycles. The minimum absolute atomic E-state index is 0.626. The van der Waals surface area contributed by atoms with Crippen molar-refractivity contribution in [2.45, 2.75) is 13.3 Å². The molecule has 142 valence electrons. The van der Waals surface area contributed by atoms with Crippen LogP contribution in [-0.4, -0.2) is 38.7 Å². The molecular formula is C22H25ClN2O2. The second-order valence-corrected chi connectivity index (χ2v) is 7.07. The predicted octanol–water partition coefficient (Wildman–Crippen LogP) is 5.00. The number of nitrogens with zero attached hydrogens (tertiary/aromatic N) is 2. The normalized spacial score (nSPS) is 12.1. The van der Waals surface area contributed by atoms with Crippen molar-refractivity contribution in [3.63, 3.8) is 0 Å². The maximum atomic E-state index is 6.14. The summed E-state index contributed by atoms with van der Waals surface area (Å²) in [6.45, 7) is 4.37. The Bertz CT molecular complexity index is 962. The maximum absolute atomic E-state index is 6.14. The molecule has 0 atom stereocenters. The molecular weight excluding hydrogens is 360 g/mol. The van der Waals surface area contributed by atoms with Gasteiger partial charge in [0, 0.05) is 28.6 Å². The van der Waals surface area contributed by atoms with Crippen molar-refractivity contribution < 1.29 is 9.15 Å². The maximum Gasteiger partial charge on any atom is 0.137 e. The first-order valence-corrected chi connectivity index (χ1v) is 9.56. The molecule has 27 heavy (non-hydrogen) atoms. The van der Waals surface area contributed by atoms with Crippen LogP contribution in [0.25, 0.3) is 22.3 Å². The molecule has 5 heteroatoms. The molecule has 0 spiro atoms. The van der Waals surface area contributed by atoms with Gasteiger partial charge in [-0.2, -0.15) is 0 Å². The van der Waals surface area contributed by atoms with Crippen LogP contribution in [0.2, 0.25) is 5.02 Å². The SMILES string of the molecule is CCOc1ccc2oc(-c3ccc(Cl)cc3)cc(=NCCCN(C)C)c2c1. The van der Waals surface area contributed by atoms with Crippen molar-refractivity contribution in [2.75, 3.05) is 33.8 Å². The molecule has 3 aromatic rings. The summed E-state index contributed by atoms with van der Waals surface area (Å²) in [4.78, 5) is 7.01. The summed E-state index contributed by atoms with van der Waals surface area (Å²) in [5, 5.41) is 2.58. The summed E-state index contributed by atoms with van der Waals surface area (Å²) < 4.78 is 11.8. The highest BCUT2D eigenvalue weighted by Crippen LogP contribution is 2.25. The molecule has 1 aromatic heterocycles.